The maximum atomic E-state index is 10.7. The number of carbonyl (C=O) groups is 2. The van der Waals surface area contributed by atoms with Gasteiger partial charge in [-0.25, -0.2) is 9.59 Å². The van der Waals surface area contributed by atoms with Crippen molar-refractivity contribution in [1.29, 1.82) is 0 Å². The van der Waals surface area contributed by atoms with Gasteiger partial charge in [0.05, 0.1) is 6.54 Å². The quantitative estimate of drug-likeness (QED) is 0.239. The summed E-state index contributed by atoms with van der Waals surface area (Å²) in [4.78, 5) is 21.4. The Bertz CT molecular complexity index is 215. The number of amides is 2. The number of rotatable bonds is 5. The molecule has 0 spiro atoms. The van der Waals surface area contributed by atoms with Crippen LogP contribution in [0, 0.1) is 0 Å². The molecule has 0 aromatic carbocycles. The van der Waals surface area contributed by atoms with Gasteiger partial charge in [0.2, 0.25) is 0 Å². The van der Waals surface area contributed by atoms with E-state index in [-0.39, 0.29) is 13.2 Å². The van der Waals surface area contributed by atoms with Crippen molar-refractivity contribution in [3.05, 3.63) is 12.2 Å². The maximum absolute atomic E-state index is 10.7. The fourth-order valence-corrected chi connectivity index (χ4v) is 0.635. The second kappa shape index (κ2) is 8.06. The minimum absolute atomic E-state index is 0.0992. The highest BCUT2D eigenvalue weighted by molar-refractivity contribution is 5.81. The monoisotopic (exact) mass is 202 g/mol. The lowest BCUT2D eigenvalue weighted by Gasteiger charge is -2.04. The molecule has 0 aromatic heterocycles. The van der Waals surface area contributed by atoms with Crippen molar-refractivity contribution in [1.82, 2.24) is 10.6 Å². The molecule has 0 heterocycles. The molecule has 0 aliphatic heterocycles. The average Bonchev–Trinajstić information content (AvgIpc) is 2.13. The highest BCUT2D eigenvalue weighted by Crippen LogP contribution is 1.80. The summed E-state index contributed by atoms with van der Waals surface area (Å²) >= 11 is 0. The molecule has 80 valence electrons. The zero-order chi connectivity index (χ0) is 10.8. The molecule has 0 rings (SSSR count). The third kappa shape index (κ3) is 7.11. The Balaban J connectivity index is 3.37. The maximum Gasteiger partial charge on any atom is 0.330 e. The smallest absolute Gasteiger partial charge is 0.330 e. The molecule has 0 aliphatic rings. The zero-order valence-electron chi connectivity index (χ0n) is 7.95. The third-order valence-electron chi connectivity index (χ3n) is 1.17. The molecule has 0 saturated carbocycles. The van der Waals surface area contributed by atoms with Crippen LogP contribution >= 0.6 is 0 Å². The standard InChI is InChI=1S/C8H14N2O4/c1-2-3-7(12)14-5-4-9-8(13)10-6-11/h2-3,11H,4-6H2,1H3,(H2,9,10,13). The lowest BCUT2D eigenvalue weighted by molar-refractivity contribution is -0.137. The zero-order valence-corrected chi connectivity index (χ0v) is 7.95. The van der Waals surface area contributed by atoms with Gasteiger partial charge in [-0.05, 0) is 6.92 Å². The molecule has 0 bridgehead atoms. The van der Waals surface area contributed by atoms with E-state index < -0.39 is 18.7 Å². The van der Waals surface area contributed by atoms with Crippen molar-refractivity contribution in [3.63, 3.8) is 0 Å². The van der Waals surface area contributed by atoms with E-state index in [1.165, 1.54) is 6.08 Å². The summed E-state index contributed by atoms with van der Waals surface area (Å²) < 4.78 is 4.68. The molecule has 6 nitrogen and oxygen atoms in total. The Morgan fingerprint density at radius 2 is 2.14 bits per heavy atom. The molecule has 0 fully saturated rings. The molecule has 0 unspecified atom stereocenters. The number of esters is 1. The summed E-state index contributed by atoms with van der Waals surface area (Å²) in [5, 5.41) is 12.8. The largest absolute Gasteiger partial charge is 0.461 e. The van der Waals surface area contributed by atoms with Crippen LogP contribution in [0.15, 0.2) is 12.2 Å². The van der Waals surface area contributed by atoms with E-state index in [2.05, 4.69) is 15.4 Å². The number of nitrogens with one attached hydrogen (secondary N) is 2. The van der Waals surface area contributed by atoms with Gasteiger partial charge < -0.3 is 20.5 Å². The van der Waals surface area contributed by atoms with Crippen molar-refractivity contribution in [3.8, 4) is 0 Å². The Labute approximate surface area is 81.9 Å². The van der Waals surface area contributed by atoms with Crippen molar-refractivity contribution in [2.75, 3.05) is 19.9 Å². The first kappa shape index (κ1) is 12.4. The van der Waals surface area contributed by atoms with E-state index >= 15 is 0 Å². The number of allylic oxidation sites excluding steroid dienone is 1. The molecule has 0 atom stereocenters. The van der Waals surface area contributed by atoms with Gasteiger partial charge in [-0.3, -0.25) is 0 Å². The minimum Gasteiger partial charge on any atom is -0.461 e. The first-order chi connectivity index (χ1) is 6.70. The van der Waals surface area contributed by atoms with E-state index in [9.17, 15) is 9.59 Å². The van der Waals surface area contributed by atoms with Gasteiger partial charge in [0.1, 0.15) is 13.3 Å². The van der Waals surface area contributed by atoms with E-state index in [0.717, 1.165) is 0 Å². The molecule has 0 aliphatic carbocycles. The summed E-state index contributed by atoms with van der Waals surface area (Å²) in [5.74, 6) is -0.447. The number of carbonyl (C=O) groups excluding carboxylic acids is 2. The van der Waals surface area contributed by atoms with Gasteiger partial charge in [-0.15, -0.1) is 0 Å². The van der Waals surface area contributed by atoms with Gasteiger partial charge in [0.25, 0.3) is 0 Å². The summed E-state index contributed by atoms with van der Waals surface area (Å²) in [7, 11) is 0. The van der Waals surface area contributed by atoms with Crippen LogP contribution in [0.25, 0.3) is 0 Å². The predicted octanol–water partition coefficient (Wildman–Crippen LogP) is -0.645. The number of ether oxygens (including phenoxy) is 1. The SMILES string of the molecule is CC=CC(=O)OCCNC(=O)NCO. The van der Waals surface area contributed by atoms with E-state index in [0.29, 0.717) is 0 Å². The van der Waals surface area contributed by atoms with Gasteiger partial charge in [0.15, 0.2) is 0 Å². The number of urea groups is 1. The lowest BCUT2D eigenvalue weighted by Crippen LogP contribution is -2.37. The predicted molar refractivity (Wildman–Crippen MR) is 49.4 cm³/mol. The molecular formula is C8H14N2O4. The van der Waals surface area contributed by atoms with Crippen LogP contribution in [0.2, 0.25) is 0 Å². The van der Waals surface area contributed by atoms with E-state index in [4.69, 9.17) is 5.11 Å². The Hall–Kier alpha value is -1.56. The van der Waals surface area contributed by atoms with E-state index in [1.54, 1.807) is 13.0 Å². The molecule has 0 saturated heterocycles. The van der Waals surface area contributed by atoms with E-state index in [1.807, 2.05) is 0 Å². The van der Waals surface area contributed by atoms with Gasteiger partial charge in [0, 0.05) is 6.08 Å². The molecule has 14 heavy (non-hydrogen) atoms. The van der Waals surface area contributed by atoms with Crippen molar-refractivity contribution >= 4 is 12.0 Å². The second-order valence-electron chi connectivity index (χ2n) is 2.26. The molecule has 0 aromatic rings. The van der Waals surface area contributed by atoms with Crippen LogP contribution in [-0.2, 0) is 9.53 Å². The van der Waals surface area contributed by atoms with Crippen molar-refractivity contribution in [2.45, 2.75) is 6.92 Å². The van der Waals surface area contributed by atoms with Crippen LogP contribution in [0.1, 0.15) is 6.92 Å². The van der Waals surface area contributed by atoms with Gasteiger partial charge in [-0.2, -0.15) is 0 Å². The normalized spacial score (nSPS) is 9.86. The molecule has 0 radical (unpaired) electrons. The lowest BCUT2D eigenvalue weighted by atomic mass is 10.5. The summed E-state index contributed by atoms with van der Waals surface area (Å²) in [6.45, 7) is 1.58. The fraction of sp³-hybridized carbons (Fsp3) is 0.500. The van der Waals surface area contributed by atoms with Crippen molar-refractivity contribution in [2.24, 2.45) is 0 Å². The van der Waals surface area contributed by atoms with Crippen LogP contribution in [0.4, 0.5) is 4.79 Å². The highest BCUT2D eigenvalue weighted by Gasteiger charge is 1.98. The number of aliphatic hydroxyl groups is 1. The van der Waals surface area contributed by atoms with Crippen molar-refractivity contribution < 1.29 is 19.4 Å². The first-order valence-electron chi connectivity index (χ1n) is 4.12. The average molecular weight is 202 g/mol. The van der Waals surface area contributed by atoms with Crippen LogP contribution < -0.4 is 10.6 Å². The first-order valence-corrected chi connectivity index (χ1v) is 4.12. The van der Waals surface area contributed by atoms with Crippen LogP contribution in [0.5, 0.6) is 0 Å². The minimum atomic E-state index is -0.505. The van der Waals surface area contributed by atoms with Crippen LogP contribution in [-0.4, -0.2) is 37.0 Å². The fourth-order valence-electron chi connectivity index (χ4n) is 0.635. The highest BCUT2D eigenvalue weighted by atomic mass is 16.5. The molecular weight excluding hydrogens is 188 g/mol. The number of hydrogen-bond acceptors (Lipinski definition) is 4. The third-order valence-corrected chi connectivity index (χ3v) is 1.17. The molecule has 2 amide bonds. The summed E-state index contributed by atoms with van der Waals surface area (Å²) in [5.41, 5.74) is 0. The summed E-state index contributed by atoms with van der Waals surface area (Å²) in [6, 6.07) is -0.505. The number of hydrogen-bond donors (Lipinski definition) is 3. The van der Waals surface area contributed by atoms with Gasteiger partial charge >= 0.3 is 12.0 Å². The van der Waals surface area contributed by atoms with Gasteiger partial charge in [-0.1, -0.05) is 6.08 Å². The molecule has 6 heteroatoms. The Morgan fingerprint density at radius 1 is 1.43 bits per heavy atom. The Morgan fingerprint density at radius 3 is 2.71 bits per heavy atom. The molecule has 3 N–H and O–H groups in total. The number of aliphatic hydroxyl groups excluding tert-OH is 1. The van der Waals surface area contributed by atoms with Crippen LogP contribution in [0.3, 0.4) is 0 Å². The topological polar surface area (TPSA) is 87.7 Å². The second-order valence-corrected chi connectivity index (χ2v) is 2.26. The Kier molecular flexibility index (Phi) is 7.16. The summed E-state index contributed by atoms with van der Waals surface area (Å²) in [6.07, 6.45) is 2.85.